The Morgan fingerprint density at radius 2 is 1.88 bits per heavy atom. The number of carbonyl (C=O) groups excluding carboxylic acids is 3. The molecule has 0 aromatic heterocycles. The molecule has 1 unspecified atom stereocenters. The predicted octanol–water partition coefficient (Wildman–Crippen LogP) is 4.32. The van der Waals surface area contributed by atoms with Crippen molar-refractivity contribution in [1.82, 2.24) is 15.5 Å². The summed E-state index contributed by atoms with van der Waals surface area (Å²) >= 11 is 0. The molecular weight excluding hydrogens is 420 g/mol. The number of hydrogen-bond acceptors (Lipinski definition) is 4. The number of ether oxygens (including phenoxy) is 1. The molecule has 2 aromatic carbocycles. The molecule has 0 fully saturated rings. The van der Waals surface area contributed by atoms with Gasteiger partial charge in [-0.15, -0.1) is 0 Å². The fraction of sp³-hybridized carbons (Fsp3) is 0.320. The monoisotopic (exact) mass is 450 g/mol. The van der Waals surface area contributed by atoms with Crippen molar-refractivity contribution < 1.29 is 19.1 Å². The summed E-state index contributed by atoms with van der Waals surface area (Å²) in [4.78, 5) is 39.3. The molecular formula is C25H30N4O4. The number of hydrogen-bond donors (Lipinski definition) is 3. The Hall–Kier alpha value is -3.81. The molecule has 8 heteroatoms. The quantitative estimate of drug-likeness (QED) is 0.522. The van der Waals surface area contributed by atoms with Crippen LogP contribution in [0, 0.1) is 0 Å². The van der Waals surface area contributed by atoms with Crippen molar-refractivity contribution in [3.8, 4) is 0 Å². The van der Waals surface area contributed by atoms with Crippen LogP contribution in [0.1, 0.15) is 43.9 Å². The Balaban J connectivity index is 1.79. The van der Waals surface area contributed by atoms with Crippen molar-refractivity contribution in [2.75, 3.05) is 19.0 Å². The second kappa shape index (κ2) is 11.2. The Labute approximate surface area is 194 Å². The highest BCUT2D eigenvalue weighted by molar-refractivity contribution is 5.95. The van der Waals surface area contributed by atoms with Gasteiger partial charge in [-0.3, -0.25) is 4.90 Å². The van der Waals surface area contributed by atoms with Crippen molar-refractivity contribution in [3.05, 3.63) is 77.0 Å². The van der Waals surface area contributed by atoms with E-state index in [9.17, 15) is 14.4 Å². The minimum Gasteiger partial charge on any atom is -0.466 e. The third-order valence-corrected chi connectivity index (χ3v) is 5.51. The van der Waals surface area contributed by atoms with Gasteiger partial charge >= 0.3 is 18.0 Å². The Kier molecular flexibility index (Phi) is 8.07. The normalized spacial score (nSPS) is 15.7. The summed E-state index contributed by atoms with van der Waals surface area (Å²) in [5.74, 6) is -0.502. The summed E-state index contributed by atoms with van der Waals surface area (Å²) in [7, 11) is 1.32. The molecule has 0 aliphatic carbocycles. The lowest BCUT2D eigenvalue weighted by atomic mass is 9.94. The van der Waals surface area contributed by atoms with E-state index in [4.69, 9.17) is 4.74 Å². The topological polar surface area (TPSA) is 99.8 Å². The molecule has 174 valence electrons. The highest BCUT2D eigenvalue weighted by atomic mass is 16.5. The number of amides is 4. The lowest BCUT2D eigenvalue weighted by Gasteiger charge is -2.35. The first-order valence-electron chi connectivity index (χ1n) is 11.0. The van der Waals surface area contributed by atoms with Gasteiger partial charge in [-0.2, -0.15) is 0 Å². The number of anilines is 1. The summed E-state index contributed by atoms with van der Waals surface area (Å²) in [6.45, 7) is 4.71. The van der Waals surface area contributed by atoms with Crippen LogP contribution in [0.2, 0.25) is 0 Å². The number of nitrogens with zero attached hydrogens (tertiary/aromatic N) is 1. The van der Waals surface area contributed by atoms with E-state index in [0.29, 0.717) is 35.6 Å². The molecule has 33 heavy (non-hydrogen) atoms. The van der Waals surface area contributed by atoms with Crippen molar-refractivity contribution in [1.29, 1.82) is 0 Å². The van der Waals surface area contributed by atoms with E-state index in [-0.39, 0.29) is 12.1 Å². The van der Waals surface area contributed by atoms with Crippen molar-refractivity contribution in [2.24, 2.45) is 0 Å². The molecule has 3 rings (SSSR count). The second-order valence-corrected chi connectivity index (χ2v) is 7.80. The van der Waals surface area contributed by atoms with Crippen LogP contribution >= 0.6 is 0 Å². The first-order chi connectivity index (χ1) is 15.9. The molecule has 1 heterocycles. The fourth-order valence-corrected chi connectivity index (χ4v) is 3.74. The van der Waals surface area contributed by atoms with Crippen LogP contribution in [0.4, 0.5) is 15.3 Å². The van der Waals surface area contributed by atoms with Gasteiger partial charge in [0, 0.05) is 24.5 Å². The van der Waals surface area contributed by atoms with Gasteiger partial charge in [0.2, 0.25) is 0 Å². The number of unbranched alkanes of at least 4 members (excludes halogenated alkanes) is 1. The molecule has 2 aromatic rings. The molecule has 0 saturated heterocycles. The van der Waals surface area contributed by atoms with E-state index in [1.54, 1.807) is 36.1 Å². The van der Waals surface area contributed by atoms with Crippen molar-refractivity contribution in [2.45, 2.75) is 39.3 Å². The van der Waals surface area contributed by atoms with Gasteiger partial charge in [0.05, 0.1) is 18.7 Å². The van der Waals surface area contributed by atoms with Crippen LogP contribution < -0.4 is 16.0 Å². The SMILES string of the molecule is CCCCN1C(=O)NC(c2cccc(NC(=O)NCc3ccccc3)c2)C(C(=O)OC)=C1C. The van der Waals surface area contributed by atoms with E-state index >= 15 is 0 Å². The van der Waals surface area contributed by atoms with E-state index in [0.717, 1.165) is 18.4 Å². The molecule has 1 aliphatic heterocycles. The van der Waals surface area contributed by atoms with Crippen molar-refractivity contribution >= 4 is 23.7 Å². The Morgan fingerprint density at radius 3 is 2.58 bits per heavy atom. The zero-order chi connectivity index (χ0) is 23.8. The summed E-state index contributed by atoms with van der Waals surface area (Å²) in [6.07, 6.45) is 1.75. The molecule has 0 saturated carbocycles. The average molecular weight is 451 g/mol. The third kappa shape index (κ3) is 5.91. The first kappa shape index (κ1) is 23.8. The molecule has 4 amide bonds. The van der Waals surface area contributed by atoms with Gasteiger partial charge in [-0.25, -0.2) is 14.4 Å². The third-order valence-electron chi connectivity index (χ3n) is 5.51. The number of nitrogens with one attached hydrogen (secondary N) is 3. The highest BCUT2D eigenvalue weighted by Gasteiger charge is 2.36. The summed E-state index contributed by atoms with van der Waals surface area (Å²) in [5.41, 5.74) is 3.14. The predicted molar refractivity (Wildman–Crippen MR) is 126 cm³/mol. The van der Waals surface area contributed by atoms with Gasteiger partial charge in [0.1, 0.15) is 0 Å². The van der Waals surface area contributed by atoms with Crippen LogP contribution in [-0.2, 0) is 16.1 Å². The number of carbonyl (C=O) groups is 3. The van der Waals surface area contributed by atoms with Gasteiger partial charge in [0.15, 0.2) is 0 Å². The molecule has 1 aliphatic rings. The van der Waals surface area contributed by atoms with Crippen LogP contribution in [-0.4, -0.2) is 36.6 Å². The van der Waals surface area contributed by atoms with Gasteiger partial charge in [-0.05, 0) is 36.6 Å². The zero-order valence-corrected chi connectivity index (χ0v) is 19.2. The number of methoxy groups -OCH3 is 1. The van der Waals surface area contributed by atoms with Gasteiger partial charge in [0.25, 0.3) is 0 Å². The van der Waals surface area contributed by atoms with Crippen LogP contribution in [0.15, 0.2) is 65.9 Å². The van der Waals surface area contributed by atoms with Gasteiger partial charge < -0.3 is 20.7 Å². The number of benzene rings is 2. The summed E-state index contributed by atoms with van der Waals surface area (Å²) in [5, 5.41) is 8.53. The van der Waals surface area contributed by atoms with E-state index < -0.39 is 12.0 Å². The molecule has 1 atom stereocenters. The minimum atomic E-state index is -0.683. The second-order valence-electron chi connectivity index (χ2n) is 7.80. The highest BCUT2D eigenvalue weighted by Crippen LogP contribution is 2.32. The fourth-order valence-electron chi connectivity index (χ4n) is 3.74. The lowest BCUT2D eigenvalue weighted by Crippen LogP contribution is -2.48. The van der Waals surface area contributed by atoms with E-state index in [2.05, 4.69) is 16.0 Å². The molecule has 0 spiro atoms. The maximum Gasteiger partial charge on any atom is 0.337 e. The molecule has 0 radical (unpaired) electrons. The van der Waals surface area contributed by atoms with E-state index in [1.807, 2.05) is 37.3 Å². The number of esters is 1. The maximum atomic E-state index is 12.8. The largest absolute Gasteiger partial charge is 0.466 e. The lowest BCUT2D eigenvalue weighted by molar-refractivity contribution is -0.136. The smallest absolute Gasteiger partial charge is 0.337 e. The minimum absolute atomic E-state index is 0.266. The number of allylic oxidation sites excluding steroid dienone is 1. The number of rotatable bonds is 8. The zero-order valence-electron chi connectivity index (χ0n) is 19.2. The first-order valence-corrected chi connectivity index (χ1v) is 11.0. The standard InChI is InChI=1S/C25H30N4O4/c1-4-5-14-29-17(2)21(23(30)33-3)22(28-25(29)32)19-12-9-13-20(15-19)27-24(31)26-16-18-10-7-6-8-11-18/h6-13,15,22H,4-5,14,16H2,1-3H3,(H,28,32)(H2,26,27,31). The van der Waals surface area contributed by atoms with Crippen LogP contribution in [0.3, 0.4) is 0 Å². The van der Waals surface area contributed by atoms with Crippen LogP contribution in [0.25, 0.3) is 0 Å². The van der Waals surface area contributed by atoms with Crippen molar-refractivity contribution in [3.63, 3.8) is 0 Å². The molecule has 3 N–H and O–H groups in total. The van der Waals surface area contributed by atoms with Crippen LogP contribution in [0.5, 0.6) is 0 Å². The number of urea groups is 2. The molecule has 8 nitrogen and oxygen atoms in total. The summed E-state index contributed by atoms with van der Waals surface area (Å²) < 4.78 is 5.01. The molecule has 0 bridgehead atoms. The average Bonchev–Trinajstić information content (AvgIpc) is 2.82. The Bertz CT molecular complexity index is 1040. The van der Waals surface area contributed by atoms with Gasteiger partial charge in [-0.1, -0.05) is 55.8 Å². The van der Waals surface area contributed by atoms with E-state index in [1.165, 1.54) is 7.11 Å². The maximum absolute atomic E-state index is 12.8. The Morgan fingerprint density at radius 1 is 1.12 bits per heavy atom. The summed E-state index contributed by atoms with van der Waals surface area (Å²) in [6, 6.07) is 15.4.